The van der Waals surface area contributed by atoms with E-state index in [1.807, 2.05) is 13.8 Å². The minimum atomic E-state index is -1.10. The zero-order valence-corrected chi connectivity index (χ0v) is 35.2. The molecule has 2 N–H and O–H groups in total. The largest absolute Gasteiger partial charge is 0.507 e. The van der Waals surface area contributed by atoms with Gasteiger partial charge in [-0.3, -0.25) is 0 Å². The van der Waals surface area contributed by atoms with E-state index >= 15 is 0 Å². The molecule has 2 aromatic rings. The molecule has 4 rings (SSSR count). The Morgan fingerprint density at radius 3 is 1.11 bits per heavy atom. The summed E-state index contributed by atoms with van der Waals surface area (Å²) in [5.74, 6) is -0.410. The fourth-order valence-corrected chi connectivity index (χ4v) is 6.64. The number of rotatable bonds is 10. The van der Waals surface area contributed by atoms with Crippen LogP contribution >= 0.6 is 0 Å². The second kappa shape index (κ2) is 15.2. The van der Waals surface area contributed by atoms with Crippen molar-refractivity contribution in [1.82, 2.24) is 0 Å². The van der Waals surface area contributed by atoms with E-state index in [-0.39, 0.29) is 48.1 Å². The minimum absolute atomic E-state index is 0.139. The maximum atomic E-state index is 12.6. The second-order valence-corrected chi connectivity index (χ2v) is 19.8. The highest BCUT2D eigenvalue weighted by Gasteiger charge is 2.37. The molecule has 298 valence electrons. The molecule has 2 aromatic carbocycles. The van der Waals surface area contributed by atoms with Crippen molar-refractivity contribution in [2.24, 2.45) is 9.98 Å². The van der Waals surface area contributed by atoms with Crippen LogP contribution in [0, 0.1) is 0 Å². The molecule has 0 bridgehead atoms. The molecule has 0 fully saturated rings. The number of ether oxygens (including phenoxy) is 4. The lowest BCUT2D eigenvalue weighted by Crippen LogP contribution is -2.36. The molecule has 0 spiro atoms. The highest BCUT2D eigenvalue weighted by atomic mass is 16.6. The Bertz CT molecular complexity index is 1600. The lowest BCUT2D eigenvalue weighted by molar-refractivity contribution is -0.169. The SMILES string of the molecule is CC1(COC(=O)C(=O)OCC2(C)COC(CCc3cc(C(C)(C)C)c(O)c(C(C)(C)C)c3)=N2)COC(CCc2cc(C(C)(C)C)c(O)c(C(C)(C)C)c2)=N1. The number of carbonyl (C=O) groups is 2. The molecule has 0 saturated carbocycles. The molecule has 10 heteroatoms. The average Bonchev–Trinajstić information content (AvgIpc) is 3.61. The zero-order chi connectivity index (χ0) is 40.7. The Kier molecular flexibility index (Phi) is 12.0. The summed E-state index contributed by atoms with van der Waals surface area (Å²) in [6, 6.07) is 8.22. The molecule has 2 atom stereocenters. The van der Waals surface area contributed by atoms with E-state index in [4.69, 9.17) is 28.9 Å². The maximum absolute atomic E-state index is 12.6. The van der Waals surface area contributed by atoms with Gasteiger partial charge in [-0.2, -0.15) is 0 Å². The van der Waals surface area contributed by atoms with Crippen molar-refractivity contribution in [2.45, 2.75) is 155 Å². The van der Waals surface area contributed by atoms with Crippen molar-refractivity contribution < 1.29 is 38.7 Å². The number of phenolic OH excluding ortho intramolecular Hbond substituents is 2. The summed E-state index contributed by atoms with van der Waals surface area (Å²) in [6.45, 7) is 28.8. The van der Waals surface area contributed by atoms with Gasteiger partial charge in [0.2, 0.25) is 0 Å². The fraction of sp³-hybridized carbons (Fsp3) is 0.636. The quantitative estimate of drug-likeness (QED) is 0.183. The van der Waals surface area contributed by atoms with Crippen LogP contribution < -0.4 is 0 Å². The van der Waals surface area contributed by atoms with Gasteiger partial charge in [-0.05, 0) is 81.7 Å². The molecule has 54 heavy (non-hydrogen) atoms. The van der Waals surface area contributed by atoms with E-state index < -0.39 is 23.0 Å². The van der Waals surface area contributed by atoms with Crippen LogP contribution in [0.3, 0.4) is 0 Å². The normalized spacial score (nSPS) is 20.6. The van der Waals surface area contributed by atoms with Gasteiger partial charge >= 0.3 is 11.9 Å². The first-order chi connectivity index (χ1) is 24.6. The summed E-state index contributed by atoms with van der Waals surface area (Å²) in [7, 11) is 0. The first kappa shape index (κ1) is 42.7. The van der Waals surface area contributed by atoms with Crippen LogP contribution in [0.2, 0.25) is 0 Å². The molecule has 0 aliphatic carbocycles. The van der Waals surface area contributed by atoms with Crippen LogP contribution in [0.15, 0.2) is 34.3 Å². The van der Waals surface area contributed by atoms with E-state index in [0.717, 1.165) is 33.4 Å². The monoisotopic (exact) mass is 748 g/mol. The zero-order valence-electron chi connectivity index (χ0n) is 35.2. The molecular weight excluding hydrogens is 684 g/mol. The third kappa shape index (κ3) is 10.6. The van der Waals surface area contributed by atoms with Crippen molar-refractivity contribution in [3.8, 4) is 11.5 Å². The molecule has 0 saturated heterocycles. The van der Waals surface area contributed by atoms with Crippen LogP contribution in [0.1, 0.15) is 143 Å². The van der Waals surface area contributed by atoms with Crippen molar-refractivity contribution >= 4 is 23.7 Å². The van der Waals surface area contributed by atoms with Crippen LogP contribution in [-0.2, 0) is 63.0 Å². The third-order valence-electron chi connectivity index (χ3n) is 9.91. The summed E-state index contributed by atoms with van der Waals surface area (Å²) >= 11 is 0. The number of esters is 2. The first-order valence-corrected chi connectivity index (χ1v) is 19.1. The number of aromatic hydroxyl groups is 2. The maximum Gasteiger partial charge on any atom is 0.417 e. The number of aliphatic imine (C=N–C) groups is 2. The molecule has 10 nitrogen and oxygen atoms in total. The van der Waals surface area contributed by atoms with Gasteiger partial charge in [0.25, 0.3) is 0 Å². The Hall–Kier alpha value is -4.08. The van der Waals surface area contributed by atoms with Crippen molar-refractivity contribution in [3.05, 3.63) is 57.6 Å². The summed E-state index contributed by atoms with van der Waals surface area (Å²) in [5.41, 5.74) is 3.18. The van der Waals surface area contributed by atoms with Crippen LogP contribution in [0.5, 0.6) is 11.5 Å². The first-order valence-electron chi connectivity index (χ1n) is 19.1. The van der Waals surface area contributed by atoms with Gasteiger partial charge < -0.3 is 29.2 Å². The smallest absolute Gasteiger partial charge is 0.417 e. The Morgan fingerprint density at radius 1 is 0.574 bits per heavy atom. The number of nitrogens with zero attached hydrogens (tertiary/aromatic N) is 2. The fourth-order valence-electron chi connectivity index (χ4n) is 6.64. The van der Waals surface area contributed by atoms with Gasteiger partial charge in [0, 0.05) is 12.8 Å². The van der Waals surface area contributed by atoms with E-state index in [1.165, 1.54) is 0 Å². The number of hydrogen-bond acceptors (Lipinski definition) is 10. The van der Waals surface area contributed by atoms with E-state index in [2.05, 4.69) is 107 Å². The van der Waals surface area contributed by atoms with Gasteiger partial charge in [-0.15, -0.1) is 0 Å². The molecular formula is C44H64N2O8. The van der Waals surface area contributed by atoms with Gasteiger partial charge in [-0.25, -0.2) is 19.6 Å². The Morgan fingerprint density at radius 2 is 0.852 bits per heavy atom. The molecule has 0 aromatic heterocycles. The predicted molar refractivity (Wildman–Crippen MR) is 213 cm³/mol. The van der Waals surface area contributed by atoms with E-state index in [0.29, 0.717) is 49.0 Å². The standard InChI is InChI=1S/C44H64N2O8/c1-39(2,3)29-19-27(20-30(35(29)47)40(4,5)6)15-17-33-45-43(13,23-51-33)25-53-37(49)38(50)54-26-44(14)24-52-34(46-44)18-16-28-21-31(41(7,8)9)36(48)32(22-28)42(10,11)12/h19-22,47-48H,15-18,23-26H2,1-14H3. The summed E-state index contributed by atoms with van der Waals surface area (Å²) < 4.78 is 22.5. The number of hydrogen-bond donors (Lipinski definition) is 2. The van der Waals surface area contributed by atoms with Crippen LogP contribution in [-0.4, -0.2) is 71.5 Å². The van der Waals surface area contributed by atoms with Crippen molar-refractivity contribution in [1.29, 1.82) is 0 Å². The predicted octanol–water partition coefficient (Wildman–Crippen LogP) is 8.31. The van der Waals surface area contributed by atoms with Gasteiger partial charge in [0.15, 0.2) is 11.8 Å². The lowest BCUT2D eigenvalue weighted by atomic mass is 9.78. The van der Waals surface area contributed by atoms with Crippen LogP contribution in [0.4, 0.5) is 0 Å². The van der Waals surface area contributed by atoms with Crippen molar-refractivity contribution in [3.63, 3.8) is 0 Å². The summed E-state index contributed by atoms with van der Waals surface area (Å²) in [6.07, 6.45) is 2.40. The number of aryl methyl sites for hydroxylation is 2. The summed E-state index contributed by atoms with van der Waals surface area (Å²) in [4.78, 5) is 34.7. The topological polar surface area (TPSA) is 136 Å². The lowest BCUT2D eigenvalue weighted by Gasteiger charge is -2.28. The molecule has 0 radical (unpaired) electrons. The minimum Gasteiger partial charge on any atom is -0.507 e. The van der Waals surface area contributed by atoms with E-state index in [1.54, 1.807) is 0 Å². The van der Waals surface area contributed by atoms with E-state index in [9.17, 15) is 19.8 Å². The number of phenols is 2. The number of benzene rings is 2. The number of carbonyl (C=O) groups excluding carboxylic acids is 2. The highest BCUT2D eigenvalue weighted by Crippen LogP contribution is 2.41. The second-order valence-electron chi connectivity index (χ2n) is 19.8. The van der Waals surface area contributed by atoms with Gasteiger partial charge in [0.05, 0.1) is 0 Å². The van der Waals surface area contributed by atoms with Crippen molar-refractivity contribution in [2.75, 3.05) is 26.4 Å². The molecule has 0 amide bonds. The molecule has 2 unspecified atom stereocenters. The van der Waals surface area contributed by atoms with Crippen LogP contribution in [0.25, 0.3) is 0 Å². The Labute approximate surface area is 322 Å². The van der Waals surface area contributed by atoms with Gasteiger partial charge in [-0.1, -0.05) is 107 Å². The average molecular weight is 749 g/mol. The molecule has 2 aliphatic heterocycles. The Balaban J connectivity index is 1.30. The third-order valence-corrected chi connectivity index (χ3v) is 9.91. The molecule has 2 heterocycles. The highest BCUT2D eigenvalue weighted by molar-refractivity contribution is 6.29. The van der Waals surface area contributed by atoms with Gasteiger partial charge in [0.1, 0.15) is 49.0 Å². The molecule has 2 aliphatic rings. The summed E-state index contributed by atoms with van der Waals surface area (Å²) in [5, 5.41) is 22.1.